The maximum atomic E-state index is 6.39. The molecule has 8 heteroatoms. The Labute approximate surface area is 446 Å². The minimum Gasteiger partial charge on any atom is -0.656 e. The summed E-state index contributed by atoms with van der Waals surface area (Å²) in [6.45, 7) is 11.4. The van der Waals surface area contributed by atoms with Crippen molar-refractivity contribution in [2.75, 3.05) is 0 Å². The first-order chi connectivity index (χ1) is 36.1. The van der Waals surface area contributed by atoms with E-state index in [0.717, 1.165) is 127 Å². The van der Waals surface area contributed by atoms with Crippen LogP contribution in [0.3, 0.4) is 0 Å². The van der Waals surface area contributed by atoms with Crippen LogP contribution in [0.1, 0.15) is 51.3 Å². The predicted molar refractivity (Wildman–Crippen MR) is 303 cm³/mol. The Bertz CT molecular complexity index is 4810. The van der Waals surface area contributed by atoms with Crippen LogP contribution in [0, 0.1) is 6.07 Å². The van der Waals surface area contributed by atoms with Gasteiger partial charge in [-0.3, -0.25) is 4.57 Å². The van der Waals surface area contributed by atoms with Gasteiger partial charge in [0.1, 0.15) is 34.0 Å². The van der Waals surface area contributed by atoms with Crippen LogP contribution in [-0.2, 0) is 31.9 Å². The van der Waals surface area contributed by atoms with Crippen LogP contribution in [0.25, 0.3) is 133 Å². The van der Waals surface area contributed by atoms with Gasteiger partial charge in [-0.05, 0) is 104 Å². The normalized spacial score (nSPS) is 12.5. The largest absolute Gasteiger partial charge is 2.00 e. The van der Waals surface area contributed by atoms with Crippen molar-refractivity contribution in [3.8, 4) is 34.0 Å². The molecule has 362 valence electrons. The van der Waals surface area contributed by atoms with Gasteiger partial charge in [0.2, 0.25) is 0 Å². The first-order valence-corrected chi connectivity index (χ1v) is 25.3. The van der Waals surface area contributed by atoms with Crippen molar-refractivity contribution in [3.05, 3.63) is 217 Å². The Kier molecular flexibility index (Phi) is 9.93. The summed E-state index contributed by atoms with van der Waals surface area (Å²) in [7, 11) is 0. The molecule has 15 aromatic rings. The molecule has 0 aliphatic carbocycles. The van der Waals surface area contributed by atoms with E-state index in [1.807, 2.05) is 36.5 Å². The molecule has 0 saturated heterocycles. The monoisotopic (exact) mass is 1150 g/mol. The summed E-state index contributed by atoms with van der Waals surface area (Å²) in [5.41, 5.74) is 16.2. The van der Waals surface area contributed by atoms with Crippen LogP contribution in [0.5, 0.6) is 0 Å². The molecule has 0 amide bonds. The summed E-state index contributed by atoms with van der Waals surface area (Å²) >= 11 is 0. The molecule has 0 fully saturated rings. The van der Waals surface area contributed by atoms with Crippen molar-refractivity contribution in [1.29, 1.82) is 0 Å². The number of benzene rings is 9. The zero-order valence-corrected chi connectivity index (χ0v) is 44.1. The Morgan fingerprint density at radius 3 is 2.05 bits per heavy atom. The van der Waals surface area contributed by atoms with Gasteiger partial charge in [-0.15, -0.1) is 34.8 Å². The number of furan rings is 2. The molecule has 75 heavy (non-hydrogen) atoms. The molecule has 6 heterocycles. The van der Waals surface area contributed by atoms with Gasteiger partial charge < -0.3 is 18.4 Å². The molecule has 6 aromatic heterocycles. The molecule has 0 N–H and O–H groups in total. The van der Waals surface area contributed by atoms with Gasteiger partial charge in [0.25, 0.3) is 0 Å². The van der Waals surface area contributed by atoms with Crippen molar-refractivity contribution in [2.45, 2.75) is 45.4 Å². The van der Waals surface area contributed by atoms with E-state index in [1.54, 1.807) is 0 Å². The Hall–Kier alpha value is -8.51. The van der Waals surface area contributed by atoms with Crippen LogP contribution in [-0.4, -0.2) is 19.1 Å². The third kappa shape index (κ3) is 6.77. The number of fused-ring (bicyclic) bond motifs is 14. The Morgan fingerprint density at radius 1 is 0.493 bits per heavy atom. The van der Waals surface area contributed by atoms with Gasteiger partial charge in [-0.25, -0.2) is 9.97 Å². The summed E-state index contributed by atoms with van der Waals surface area (Å²) in [5, 5.41) is 8.67. The van der Waals surface area contributed by atoms with E-state index in [0.29, 0.717) is 0 Å². The number of para-hydroxylation sites is 4. The molecule has 15 rings (SSSR count). The molecule has 0 spiro atoms. The SMILES string of the molecule is CC(C)(C)c1ccc2c(c1)c1ccc(-c3cccc4c3nc(-c3cccc5c3[n-]c3ccc6oc7ccccc7c6c35)n4-c3ccc4oc5ccccc5c4c3)[c-]c1n2-c1cc(C(C)(C)c2ccccc2)ccn1.[Pt+2]. The minimum absolute atomic E-state index is 0. The van der Waals surface area contributed by atoms with Crippen molar-refractivity contribution in [3.63, 3.8) is 0 Å². The molecule has 0 aliphatic rings. The molecular formula is C67H47N5O2Pt. The molecule has 0 bridgehead atoms. The number of pyridine rings is 1. The smallest absolute Gasteiger partial charge is 0.656 e. The average molecular weight is 1150 g/mol. The van der Waals surface area contributed by atoms with Gasteiger partial charge in [0, 0.05) is 49.9 Å². The minimum atomic E-state index is -0.262. The number of hydrogen-bond acceptors (Lipinski definition) is 4. The Balaban J connectivity index is 0.00000516. The zero-order valence-electron chi connectivity index (χ0n) is 41.8. The van der Waals surface area contributed by atoms with E-state index in [1.165, 1.54) is 22.1 Å². The van der Waals surface area contributed by atoms with Crippen molar-refractivity contribution in [1.82, 2.24) is 24.1 Å². The maximum absolute atomic E-state index is 6.39. The summed E-state index contributed by atoms with van der Waals surface area (Å²) < 4.78 is 17.4. The first kappa shape index (κ1) is 45.1. The van der Waals surface area contributed by atoms with E-state index in [2.05, 4.69) is 208 Å². The van der Waals surface area contributed by atoms with E-state index >= 15 is 0 Å². The third-order valence-electron chi connectivity index (χ3n) is 15.6. The second-order valence-electron chi connectivity index (χ2n) is 21.3. The van der Waals surface area contributed by atoms with Gasteiger partial charge in [0.05, 0.1) is 11.0 Å². The molecule has 7 nitrogen and oxygen atoms in total. The van der Waals surface area contributed by atoms with Gasteiger partial charge >= 0.3 is 21.1 Å². The maximum Gasteiger partial charge on any atom is 2.00 e. The molecule has 0 unspecified atom stereocenters. The topological polar surface area (TPSA) is 76.0 Å². The van der Waals surface area contributed by atoms with Crippen LogP contribution in [0.2, 0.25) is 0 Å². The standard InChI is InChI=1S/C67H47N5O2.Pt/c1-66(2,3)41-26-30-53-50(36-41)45-28-25-39(35-55(45)72(53)60-37-42(33-34-68-60)67(4,5)40-15-7-6-8-16-40)44-19-14-22-54-64(44)70-65(71(54)43-27-31-58-51(38-43)46-17-9-11-23-56(46)73-58)49-21-13-20-48-61-52(69-63(48)49)29-32-59-62(61)47-18-10-12-24-57(47)74-59;/h6-34,36-38H,1-5H3;/q-2;+2. The fraction of sp³-hybridized carbons (Fsp3) is 0.104. The second-order valence-corrected chi connectivity index (χ2v) is 21.3. The molecular weight excluding hydrogens is 1100 g/mol. The van der Waals surface area contributed by atoms with E-state index in [9.17, 15) is 0 Å². The number of hydrogen-bond donors (Lipinski definition) is 0. The summed E-state index contributed by atoms with van der Waals surface area (Å²) in [4.78, 5) is 16.3. The van der Waals surface area contributed by atoms with Crippen molar-refractivity contribution >= 4 is 98.5 Å². The summed E-state index contributed by atoms with van der Waals surface area (Å²) in [6, 6.07) is 70.5. The molecule has 0 radical (unpaired) electrons. The van der Waals surface area contributed by atoms with E-state index in [-0.39, 0.29) is 31.9 Å². The van der Waals surface area contributed by atoms with Gasteiger partial charge in [-0.1, -0.05) is 161 Å². The van der Waals surface area contributed by atoms with E-state index in [4.69, 9.17) is 23.8 Å². The fourth-order valence-corrected chi connectivity index (χ4v) is 11.7. The summed E-state index contributed by atoms with van der Waals surface area (Å²) in [5.74, 6) is 1.63. The fourth-order valence-electron chi connectivity index (χ4n) is 11.7. The number of nitrogens with zero attached hydrogens (tertiary/aromatic N) is 5. The number of imidazole rings is 1. The van der Waals surface area contributed by atoms with Crippen LogP contribution in [0.15, 0.2) is 203 Å². The molecule has 9 aromatic carbocycles. The summed E-state index contributed by atoms with van der Waals surface area (Å²) in [6.07, 6.45) is 1.95. The van der Waals surface area contributed by atoms with Gasteiger partial charge in [0.15, 0.2) is 0 Å². The second kappa shape index (κ2) is 16.5. The average Bonchev–Trinajstić information content (AvgIpc) is 4.35. The number of rotatable bonds is 6. The first-order valence-electron chi connectivity index (χ1n) is 25.3. The van der Waals surface area contributed by atoms with Crippen LogP contribution < -0.4 is 4.98 Å². The zero-order chi connectivity index (χ0) is 49.6. The third-order valence-corrected chi connectivity index (χ3v) is 15.6. The quantitative estimate of drug-likeness (QED) is 0.155. The predicted octanol–water partition coefficient (Wildman–Crippen LogP) is 17.3. The van der Waals surface area contributed by atoms with Crippen molar-refractivity contribution < 1.29 is 29.9 Å². The van der Waals surface area contributed by atoms with Crippen molar-refractivity contribution in [2.24, 2.45) is 0 Å². The van der Waals surface area contributed by atoms with Crippen LogP contribution in [0.4, 0.5) is 0 Å². The molecule has 0 saturated carbocycles. The van der Waals surface area contributed by atoms with E-state index < -0.39 is 0 Å². The van der Waals surface area contributed by atoms with Gasteiger partial charge in [-0.2, -0.15) is 0 Å². The van der Waals surface area contributed by atoms with Crippen LogP contribution >= 0.6 is 0 Å². The molecule has 0 atom stereocenters. The Morgan fingerprint density at radius 2 is 1.21 bits per heavy atom. The molecule has 0 aliphatic heterocycles. The number of aromatic nitrogens is 5.